The molecule has 8 nitrogen and oxygen atoms in total. The fourth-order valence-corrected chi connectivity index (χ4v) is 5.55. The molecule has 2 atom stereocenters. The van der Waals surface area contributed by atoms with Crippen LogP contribution in [0.15, 0.2) is 35.8 Å². The number of nitrogens with two attached hydrogens (primary N) is 1. The van der Waals surface area contributed by atoms with Gasteiger partial charge in [-0.2, -0.15) is 0 Å². The van der Waals surface area contributed by atoms with Gasteiger partial charge in [0.15, 0.2) is 6.35 Å². The zero-order valence-corrected chi connectivity index (χ0v) is 21.3. The molecule has 9 heteroatoms. The maximum absolute atomic E-state index is 12.5. The van der Waals surface area contributed by atoms with Crippen LogP contribution < -0.4 is 16.4 Å². The number of nitrogens with one attached hydrogen (secondary N) is 2. The molecule has 4 aliphatic rings. The maximum atomic E-state index is 12.5. The molecule has 5 rings (SSSR count). The summed E-state index contributed by atoms with van der Waals surface area (Å²) >= 11 is 2.17. The topological polar surface area (TPSA) is 86.1 Å². The van der Waals surface area contributed by atoms with Crippen LogP contribution in [0.1, 0.15) is 49.7 Å². The molecule has 3 heterocycles. The number of likely N-dealkylation sites (tertiary alicyclic amines) is 1. The molecular formula is C24H35IN6O2. The molecule has 1 aliphatic carbocycles. The van der Waals surface area contributed by atoms with Crippen LogP contribution in [0.5, 0.6) is 0 Å². The molecule has 33 heavy (non-hydrogen) atoms. The second-order valence-electron chi connectivity index (χ2n) is 9.71. The molecule has 0 spiro atoms. The van der Waals surface area contributed by atoms with E-state index in [9.17, 15) is 4.79 Å². The van der Waals surface area contributed by atoms with E-state index in [1.807, 2.05) is 3.11 Å². The van der Waals surface area contributed by atoms with E-state index in [1.54, 1.807) is 0 Å². The largest absolute Gasteiger partial charge is 0.383 e. The van der Waals surface area contributed by atoms with Crippen LogP contribution in [0.25, 0.3) is 0 Å². The maximum Gasteiger partial charge on any atom is 0.225 e. The summed E-state index contributed by atoms with van der Waals surface area (Å²) in [6, 6.07) is 8.85. The number of ether oxygens (including phenoxy) is 1. The van der Waals surface area contributed by atoms with Crippen molar-refractivity contribution in [2.24, 2.45) is 11.7 Å². The van der Waals surface area contributed by atoms with Gasteiger partial charge in [-0.3, -0.25) is 23.0 Å². The van der Waals surface area contributed by atoms with Crippen LogP contribution in [0.2, 0.25) is 0 Å². The van der Waals surface area contributed by atoms with Crippen molar-refractivity contribution in [1.29, 1.82) is 0 Å². The molecule has 0 radical (unpaired) electrons. The second-order valence-corrected chi connectivity index (χ2v) is 10.7. The van der Waals surface area contributed by atoms with Crippen molar-refractivity contribution in [3.05, 3.63) is 46.9 Å². The zero-order chi connectivity index (χ0) is 22.8. The van der Waals surface area contributed by atoms with Crippen LogP contribution in [-0.2, 0) is 22.6 Å². The number of nitrogens with zero attached hydrogens (tertiary/aromatic N) is 3. The highest BCUT2D eigenvalue weighted by Crippen LogP contribution is 2.33. The van der Waals surface area contributed by atoms with Crippen LogP contribution in [-0.4, -0.2) is 57.6 Å². The fourth-order valence-electron chi connectivity index (χ4n) is 4.97. The zero-order valence-electron chi connectivity index (χ0n) is 19.1. The number of fused-ring (bicyclic) bond motifs is 1. The van der Waals surface area contributed by atoms with Gasteiger partial charge in [-0.15, -0.1) is 0 Å². The highest BCUT2D eigenvalue weighted by Gasteiger charge is 2.39. The van der Waals surface area contributed by atoms with Crippen LogP contribution >= 0.6 is 22.9 Å². The Kier molecular flexibility index (Phi) is 7.41. The third-order valence-corrected chi connectivity index (χ3v) is 8.06. The minimum atomic E-state index is -0.322. The number of halogens is 1. The van der Waals surface area contributed by atoms with Gasteiger partial charge in [0, 0.05) is 26.1 Å². The summed E-state index contributed by atoms with van der Waals surface area (Å²) < 4.78 is 8.03. The minimum absolute atomic E-state index is 0.00272. The monoisotopic (exact) mass is 566 g/mol. The summed E-state index contributed by atoms with van der Waals surface area (Å²) in [5.41, 5.74) is 9.83. The molecule has 0 bridgehead atoms. The Bertz CT molecular complexity index is 885. The molecule has 3 aliphatic heterocycles. The van der Waals surface area contributed by atoms with Crippen molar-refractivity contribution in [2.45, 2.75) is 64.1 Å². The van der Waals surface area contributed by atoms with Crippen LogP contribution in [0.4, 0.5) is 0 Å². The quantitative estimate of drug-likeness (QED) is 0.329. The third kappa shape index (κ3) is 5.82. The van der Waals surface area contributed by atoms with Crippen molar-refractivity contribution in [3.8, 4) is 0 Å². The first kappa shape index (κ1) is 23.3. The number of carbonyl (C=O) groups is 1. The van der Waals surface area contributed by atoms with Gasteiger partial charge in [0.1, 0.15) is 12.0 Å². The van der Waals surface area contributed by atoms with Crippen molar-refractivity contribution in [3.63, 3.8) is 0 Å². The minimum Gasteiger partial charge on any atom is -0.383 e. The first-order chi connectivity index (χ1) is 16.1. The lowest BCUT2D eigenvalue weighted by Gasteiger charge is -2.42. The molecule has 1 saturated carbocycles. The van der Waals surface area contributed by atoms with Gasteiger partial charge in [-0.25, -0.2) is 0 Å². The Morgan fingerprint density at radius 3 is 2.64 bits per heavy atom. The Morgan fingerprint density at radius 2 is 1.88 bits per heavy atom. The number of benzene rings is 1. The van der Waals surface area contributed by atoms with E-state index in [-0.39, 0.29) is 18.4 Å². The predicted molar refractivity (Wildman–Crippen MR) is 135 cm³/mol. The van der Waals surface area contributed by atoms with E-state index >= 15 is 0 Å². The van der Waals surface area contributed by atoms with E-state index in [2.05, 4.69) is 67.6 Å². The van der Waals surface area contributed by atoms with E-state index in [0.717, 1.165) is 31.1 Å². The van der Waals surface area contributed by atoms with Crippen molar-refractivity contribution >= 4 is 28.8 Å². The summed E-state index contributed by atoms with van der Waals surface area (Å²) in [5, 5.41) is 6.64. The summed E-state index contributed by atoms with van der Waals surface area (Å²) in [5.74, 6) is 1.38. The lowest BCUT2D eigenvalue weighted by Crippen LogP contribution is -2.61. The molecule has 2 unspecified atom stereocenters. The van der Waals surface area contributed by atoms with Gasteiger partial charge in [0.2, 0.25) is 5.91 Å². The van der Waals surface area contributed by atoms with Crippen molar-refractivity contribution in [2.75, 3.05) is 26.2 Å². The van der Waals surface area contributed by atoms with E-state index in [4.69, 9.17) is 10.5 Å². The number of amides is 1. The SMILES string of the molecule is NC1=C2NC(=O)CCN(Cc3cccc(CN4CCCC4)c3)C2NC(OCCC2CC2)N1I. The Hall–Kier alpha value is -1.40. The van der Waals surface area contributed by atoms with Gasteiger partial charge < -0.3 is 15.8 Å². The molecule has 4 N–H and O–H groups in total. The van der Waals surface area contributed by atoms with Gasteiger partial charge in [0.25, 0.3) is 0 Å². The van der Waals surface area contributed by atoms with Crippen molar-refractivity contribution in [1.82, 2.24) is 23.5 Å². The van der Waals surface area contributed by atoms with Crippen LogP contribution in [0.3, 0.4) is 0 Å². The summed E-state index contributed by atoms with van der Waals surface area (Å²) in [4.78, 5) is 17.3. The first-order valence-electron chi connectivity index (χ1n) is 12.2. The number of hydrogen-bond donors (Lipinski definition) is 3. The van der Waals surface area contributed by atoms with Gasteiger partial charge >= 0.3 is 0 Å². The standard InChI is InChI=1S/C24H35IN6O2/c25-31-22(26)21-23(28-24(31)33-13-9-17-6-7-17)30(12-8-20(32)27-21)16-19-5-3-4-18(14-19)15-29-10-1-2-11-29/h3-5,14,17,23-24,28H,1-2,6-13,15-16,26H2,(H,27,32). The van der Waals surface area contributed by atoms with Crippen molar-refractivity contribution < 1.29 is 9.53 Å². The van der Waals surface area contributed by atoms with Gasteiger partial charge in [0.05, 0.1) is 35.2 Å². The van der Waals surface area contributed by atoms with Crippen LogP contribution in [0, 0.1) is 5.92 Å². The normalized spacial score (nSPS) is 26.9. The molecule has 3 fully saturated rings. The number of carbonyl (C=O) groups excluding carboxylic acids is 1. The Morgan fingerprint density at radius 1 is 1.12 bits per heavy atom. The molecule has 1 aromatic rings. The molecular weight excluding hydrogens is 531 g/mol. The Labute approximate surface area is 210 Å². The molecule has 1 amide bonds. The lowest BCUT2D eigenvalue weighted by atomic mass is 10.1. The molecule has 180 valence electrons. The predicted octanol–water partition coefficient (Wildman–Crippen LogP) is 2.41. The molecule has 0 aromatic heterocycles. The van der Waals surface area contributed by atoms with E-state index in [1.165, 1.54) is 49.9 Å². The van der Waals surface area contributed by atoms with Gasteiger partial charge in [-0.05, 0) is 49.4 Å². The smallest absolute Gasteiger partial charge is 0.225 e. The molecule has 2 saturated heterocycles. The summed E-state index contributed by atoms with van der Waals surface area (Å²) in [6.45, 7) is 5.51. The van der Waals surface area contributed by atoms with E-state index < -0.39 is 0 Å². The van der Waals surface area contributed by atoms with E-state index in [0.29, 0.717) is 25.4 Å². The first-order valence-corrected chi connectivity index (χ1v) is 13.2. The lowest BCUT2D eigenvalue weighted by molar-refractivity contribution is -0.120. The number of hydrogen-bond acceptors (Lipinski definition) is 7. The second kappa shape index (κ2) is 10.5. The number of rotatable bonds is 8. The highest BCUT2D eigenvalue weighted by atomic mass is 127. The highest BCUT2D eigenvalue weighted by molar-refractivity contribution is 14.1. The molecule has 1 aromatic carbocycles. The Balaban J connectivity index is 1.31. The average molecular weight is 566 g/mol. The summed E-state index contributed by atoms with van der Waals surface area (Å²) in [6.07, 6.45) is 6.26. The average Bonchev–Trinajstić information content (AvgIpc) is 3.52. The fraction of sp³-hybridized carbons (Fsp3) is 0.625. The summed E-state index contributed by atoms with van der Waals surface area (Å²) in [7, 11) is 0. The third-order valence-electron chi connectivity index (χ3n) is 7.03. The van der Waals surface area contributed by atoms with Gasteiger partial charge in [-0.1, -0.05) is 37.1 Å².